The highest BCUT2D eigenvalue weighted by molar-refractivity contribution is 7.98. The molecule has 5 heteroatoms. The van der Waals surface area contributed by atoms with Gasteiger partial charge in [-0.15, -0.1) is 0 Å². The van der Waals surface area contributed by atoms with E-state index in [0.717, 1.165) is 24.3 Å². The third kappa shape index (κ3) is 5.24. The van der Waals surface area contributed by atoms with Gasteiger partial charge in [-0.1, -0.05) is 36.0 Å². The average Bonchev–Trinajstić information content (AvgIpc) is 2.46. The highest BCUT2D eigenvalue weighted by atomic mass is 35.5. The van der Waals surface area contributed by atoms with Gasteiger partial charge in [-0.25, -0.2) is 0 Å². The molecular formula is C16H23Cl2NOS. The molecule has 21 heavy (non-hydrogen) atoms. The zero-order valence-electron chi connectivity index (χ0n) is 12.5. The van der Waals surface area contributed by atoms with E-state index in [1.807, 2.05) is 17.8 Å². The van der Waals surface area contributed by atoms with Crippen molar-refractivity contribution in [3.05, 3.63) is 27.7 Å². The van der Waals surface area contributed by atoms with Gasteiger partial charge < -0.3 is 10.1 Å². The Kier molecular flexibility index (Phi) is 7.51. The minimum Gasteiger partial charge on any atom is -0.492 e. The fourth-order valence-electron chi connectivity index (χ4n) is 2.64. The minimum absolute atomic E-state index is 0.302. The van der Waals surface area contributed by atoms with Gasteiger partial charge in [0.2, 0.25) is 0 Å². The number of nitrogens with one attached hydrogen (secondary N) is 1. The number of halogens is 2. The molecule has 118 valence electrons. The number of thioether (sulfide) groups is 1. The van der Waals surface area contributed by atoms with Gasteiger partial charge in [0.1, 0.15) is 5.75 Å². The third-order valence-electron chi connectivity index (χ3n) is 3.73. The first-order chi connectivity index (χ1) is 10.2. The molecule has 1 aliphatic heterocycles. The van der Waals surface area contributed by atoms with Crippen LogP contribution in [0.2, 0.25) is 10.0 Å². The normalized spacial score (nSPS) is 17.4. The largest absolute Gasteiger partial charge is 0.492 e. The monoisotopic (exact) mass is 347 g/mol. The number of ether oxygens (including phenoxy) is 1. The van der Waals surface area contributed by atoms with E-state index in [-0.39, 0.29) is 0 Å². The van der Waals surface area contributed by atoms with Crippen molar-refractivity contribution in [3.8, 4) is 5.75 Å². The number of unbranched alkanes of at least 4 members (excludes halogenated alkanes) is 3. The Morgan fingerprint density at radius 2 is 2.05 bits per heavy atom. The minimum atomic E-state index is 0.302. The highest BCUT2D eigenvalue weighted by Gasteiger charge is 2.23. The number of hydrogen-bond acceptors (Lipinski definition) is 3. The molecule has 0 saturated heterocycles. The quantitative estimate of drug-likeness (QED) is 0.642. The van der Waals surface area contributed by atoms with Crippen LogP contribution in [-0.2, 0) is 0 Å². The van der Waals surface area contributed by atoms with Crippen molar-refractivity contribution in [2.24, 2.45) is 0 Å². The van der Waals surface area contributed by atoms with Crippen LogP contribution in [0.5, 0.6) is 5.75 Å². The molecule has 0 radical (unpaired) electrons. The predicted molar refractivity (Wildman–Crippen MR) is 94.2 cm³/mol. The second kappa shape index (κ2) is 9.14. The van der Waals surface area contributed by atoms with Crippen LogP contribution in [0, 0.1) is 0 Å². The maximum absolute atomic E-state index is 6.21. The molecular weight excluding hydrogens is 325 g/mol. The Hall–Kier alpha value is -0.0900. The van der Waals surface area contributed by atoms with E-state index < -0.39 is 0 Å². The summed E-state index contributed by atoms with van der Waals surface area (Å²) in [5.41, 5.74) is 1.10. The van der Waals surface area contributed by atoms with E-state index >= 15 is 0 Å². The summed E-state index contributed by atoms with van der Waals surface area (Å²) in [5.74, 6) is 2.07. The van der Waals surface area contributed by atoms with Gasteiger partial charge in [-0.05, 0) is 43.5 Å². The highest BCUT2D eigenvalue weighted by Crippen LogP contribution is 2.39. The lowest BCUT2D eigenvalue weighted by Crippen LogP contribution is -2.28. The van der Waals surface area contributed by atoms with Crippen LogP contribution >= 0.6 is 35.0 Å². The maximum Gasteiger partial charge on any atom is 0.142 e. The van der Waals surface area contributed by atoms with Crippen molar-refractivity contribution in [3.63, 3.8) is 0 Å². The standard InChI is InChI=1S/C16H23Cl2NOS/c1-21-9-5-3-2-4-7-19-15-6-8-20-16-13(15)10-12(17)11-14(16)18/h10-11,15,19H,2-9H2,1H3. The Balaban J connectivity index is 1.81. The van der Waals surface area contributed by atoms with Crippen molar-refractivity contribution < 1.29 is 4.74 Å². The van der Waals surface area contributed by atoms with E-state index in [9.17, 15) is 0 Å². The molecule has 0 aliphatic carbocycles. The summed E-state index contributed by atoms with van der Waals surface area (Å²) in [4.78, 5) is 0. The zero-order valence-corrected chi connectivity index (χ0v) is 14.8. The van der Waals surface area contributed by atoms with Crippen LogP contribution in [0.4, 0.5) is 0 Å². The summed E-state index contributed by atoms with van der Waals surface area (Å²) in [6, 6.07) is 4.02. The lowest BCUT2D eigenvalue weighted by Gasteiger charge is -2.27. The van der Waals surface area contributed by atoms with Crippen molar-refractivity contribution in [2.45, 2.75) is 38.1 Å². The number of fused-ring (bicyclic) bond motifs is 1. The molecule has 2 nitrogen and oxygen atoms in total. The van der Waals surface area contributed by atoms with Crippen molar-refractivity contribution in [1.82, 2.24) is 5.32 Å². The first kappa shape index (κ1) is 17.3. The second-order valence-corrected chi connectivity index (χ2v) is 7.19. The van der Waals surface area contributed by atoms with E-state index in [2.05, 4.69) is 11.6 Å². The van der Waals surface area contributed by atoms with Gasteiger partial charge in [0, 0.05) is 23.0 Å². The molecule has 0 fully saturated rings. The SMILES string of the molecule is CSCCCCCCNC1CCOc2c(Cl)cc(Cl)cc21. The smallest absolute Gasteiger partial charge is 0.142 e. The molecule has 1 atom stereocenters. The van der Waals surface area contributed by atoms with Crippen LogP contribution in [0.25, 0.3) is 0 Å². The Morgan fingerprint density at radius 1 is 1.24 bits per heavy atom. The fourth-order valence-corrected chi connectivity index (χ4v) is 3.70. The van der Waals surface area contributed by atoms with Gasteiger partial charge in [0.05, 0.1) is 11.6 Å². The molecule has 0 amide bonds. The molecule has 2 rings (SSSR count). The molecule has 1 aromatic rings. The molecule has 1 heterocycles. The zero-order chi connectivity index (χ0) is 15.1. The summed E-state index contributed by atoms with van der Waals surface area (Å²) in [6.45, 7) is 1.74. The third-order valence-corrected chi connectivity index (χ3v) is 4.93. The fraction of sp³-hybridized carbons (Fsp3) is 0.625. The van der Waals surface area contributed by atoms with Gasteiger partial charge in [0.15, 0.2) is 0 Å². The molecule has 1 unspecified atom stereocenters. The maximum atomic E-state index is 6.21. The topological polar surface area (TPSA) is 21.3 Å². The molecule has 0 bridgehead atoms. The van der Waals surface area contributed by atoms with E-state index in [1.165, 1.54) is 31.4 Å². The van der Waals surface area contributed by atoms with E-state index in [4.69, 9.17) is 27.9 Å². The number of hydrogen-bond donors (Lipinski definition) is 1. The van der Waals surface area contributed by atoms with Gasteiger partial charge in [-0.3, -0.25) is 0 Å². The molecule has 1 N–H and O–H groups in total. The Labute approximate surface area is 141 Å². The van der Waals surface area contributed by atoms with Gasteiger partial charge in [-0.2, -0.15) is 11.8 Å². The molecule has 0 saturated carbocycles. The van der Waals surface area contributed by atoms with Crippen LogP contribution < -0.4 is 10.1 Å². The summed E-state index contributed by atoms with van der Waals surface area (Å²) in [5, 5.41) is 4.91. The second-order valence-electron chi connectivity index (χ2n) is 5.36. The van der Waals surface area contributed by atoms with Crippen LogP contribution in [-0.4, -0.2) is 25.2 Å². The number of benzene rings is 1. The van der Waals surface area contributed by atoms with Crippen molar-refractivity contribution in [2.75, 3.05) is 25.2 Å². The van der Waals surface area contributed by atoms with Crippen LogP contribution in [0.1, 0.15) is 43.7 Å². The summed E-state index contributed by atoms with van der Waals surface area (Å²) >= 11 is 14.2. The van der Waals surface area contributed by atoms with Crippen LogP contribution in [0.3, 0.4) is 0 Å². The molecule has 0 spiro atoms. The summed E-state index contributed by atoms with van der Waals surface area (Å²) in [7, 11) is 0. The summed E-state index contributed by atoms with van der Waals surface area (Å²) < 4.78 is 5.68. The lowest BCUT2D eigenvalue weighted by molar-refractivity contribution is 0.252. The summed E-state index contributed by atoms with van der Waals surface area (Å²) in [6.07, 6.45) is 8.29. The lowest BCUT2D eigenvalue weighted by atomic mass is 10.0. The Bertz CT molecular complexity index is 456. The van der Waals surface area contributed by atoms with Crippen molar-refractivity contribution >= 4 is 35.0 Å². The first-order valence-electron chi connectivity index (χ1n) is 7.56. The first-order valence-corrected chi connectivity index (χ1v) is 9.71. The van der Waals surface area contributed by atoms with Crippen molar-refractivity contribution in [1.29, 1.82) is 0 Å². The Morgan fingerprint density at radius 3 is 2.86 bits per heavy atom. The predicted octanol–water partition coefficient (Wildman–Crippen LogP) is 5.33. The van der Waals surface area contributed by atoms with Gasteiger partial charge in [0.25, 0.3) is 0 Å². The van der Waals surface area contributed by atoms with Gasteiger partial charge >= 0.3 is 0 Å². The van der Waals surface area contributed by atoms with E-state index in [0.29, 0.717) is 22.7 Å². The molecule has 1 aromatic carbocycles. The number of rotatable bonds is 8. The van der Waals surface area contributed by atoms with E-state index in [1.54, 1.807) is 6.07 Å². The molecule has 1 aliphatic rings. The average molecular weight is 348 g/mol. The van der Waals surface area contributed by atoms with Crippen LogP contribution in [0.15, 0.2) is 12.1 Å². The molecule has 0 aromatic heterocycles.